The van der Waals surface area contributed by atoms with Gasteiger partial charge in [0.2, 0.25) is 0 Å². The van der Waals surface area contributed by atoms with Crippen LogP contribution in [-0.2, 0) is 4.79 Å². The lowest BCUT2D eigenvalue weighted by Crippen LogP contribution is -2.42. The molecule has 0 spiro atoms. The Morgan fingerprint density at radius 2 is 1.62 bits per heavy atom. The Morgan fingerprint density at radius 1 is 1.03 bits per heavy atom. The Kier molecular flexibility index (Phi) is 15.0. The molecule has 0 aromatic heterocycles. The average Bonchev–Trinajstić information content (AvgIpc) is 2.70. The first-order chi connectivity index (χ1) is 14.7. The molecule has 0 unspecified atom stereocenters. The fourth-order valence-corrected chi connectivity index (χ4v) is 3.84. The van der Waals surface area contributed by atoms with Gasteiger partial charge in [0.1, 0.15) is 6.04 Å². The summed E-state index contributed by atoms with van der Waals surface area (Å²) < 4.78 is 0. The van der Waals surface area contributed by atoms with Gasteiger partial charge in [-0.25, -0.2) is 4.79 Å². The van der Waals surface area contributed by atoms with Gasteiger partial charge in [-0.15, -0.1) is 0 Å². The summed E-state index contributed by atoms with van der Waals surface area (Å²) in [5, 5.41) is 12.0. The third kappa shape index (κ3) is 12.4. The SMILES string of the molecule is C.CC(C)=CCC/C(C)=C/CC/C(C)=C/CSC[C@H](NC(=O)c1ccccc1N)C(=O)O. The number of nitrogens with one attached hydrogen (secondary N) is 1. The van der Waals surface area contributed by atoms with Crippen LogP contribution < -0.4 is 11.1 Å². The van der Waals surface area contributed by atoms with Crippen molar-refractivity contribution in [3.8, 4) is 0 Å². The molecule has 0 heterocycles. The van der Waals surface area contributed by atoms with Crippen LogP contribution in [0.5, 0.6) is 0 Å². The minimum Gasteiger partial charge on any atom is -0.480 e. The molecule has 1 atom stereocenters. The number of carboxylic acids is 1. The molecule has 5 nitrogen and oxygen atoms in total. The predicted octanol–water partition coefficient (Wildman–Crippen LogP) is 6.24. The molecule has 32 heavy (non-hydrogen) atoms. The zero-order valence-electron chi connectivity index (χ0n) is 19.1. The molecular weight excluding hydrogens is 420 g/mol. The predicted molar refractivity (Wildman–Crippen MR) is 139 cm³/mol. The second kappa shape index (κ2) is 16.2. The lowest BCUT2D eigenvalue weighted by atomic mass is 10.1. The van der Waals surface area contributed by atoms with Gasteiger partial charge in [0.25, 0.3) is 5.91 Å². The van der Waals surface area contributed by atoms with E-state index in [9.17, 15) is 14.7 Å². The van der Waals surface area contributed by atoms with E-state index in [1.54, 1.807) is 24.3 Å². The van der Waals surface area contributed by atoms with Crippen molar-refractivity contribution in [2.45, 2.75) is 66.8 Å². The van der Waals surface area contributed by atoms with Crippen LogP contribution in [0.3, 0.4) is 0 Å². The zero-order chi connectivity index (χ0) is 23.2. The first kappa shape index (κ1) is 29.5. The van der Waals surface area contributed by atoms with Crippen molar-refractivity contribution < 1.29 is 14.7 Å². The van der Waals surface area contributed by atoms with Crippen LogP contribution in [-0.4, -0.2) is 34.5 Å². The number of carbonyl (C=O) groups is 2. The Morgan fingerprint density at radius 3 is 2.22 bits per heavy atom. The number of allylic oxidation sites excluding steroid dienone is 5. The number of hydrogen-bond donors (Lipinski definition) is 3. The maximum Gasteiger partial charge on any atom is 0.327 e. The topological polar surface area (TPSA) is 92.4 Å². The second-order valence-corrected chi connectivity index (χ2v) is 9.02. The van der Waals surface area contributed by atoms with Crippen molar-refractivity contribution >= 4 is 29.3 Å². The minimum absolute atomic E-state index is 0. The van der Waals surface area contributed by atoms with Crippen LogP contribution >= 0.6 is 11.8 Å². The van der Waals surface area contributed by atoms with Gasteiger partial charge in [-0.3, -0.25) is 4.79 Å². The van der Waals surface area contributed by atoms with Crippen LogP contribution in [0.2, 0.25) is 0 Å². The highest BCUT2D eigenvalue weighted by Crippen LogP contribution is 2.14. The standard InChI is InChI=1S/C25H36N2O3S.CH4/c1-18(2)9-7-10-19(3)11-8-12-20(4)15-16-31-17-23(25(29)30)27-24(28)21-13-5-6-14-22(21)26;/h5-6,9,11,13-15,23H,7-8,10,12,16-17,26H2,1-4H3,(H,27,28)(H,29,30);1H4/b19-11+,20-15+;/t23-;/m0./s1. The molecule has 6 heteroatoms. The van der Waals surface area contributed by atoms with Crippen molar-refractivity contribution in [2.75, 3.05) is 17.2 Å². The molecule has 4 N–H and O–H groups in total. The first-order valence-electron chi connectivity index (χ1n) is 10.6. The van der Waals surface area contributed by atoms with E-state index in [4.69, 9.17) is 5.73 Å². The number of hydrogen-bond acceptors (Lipinski definition) is 4. The van der Waals surface area contributed by atoms with Gasteiger partial charge in [-0.05, 0) is 65.5 Å². The summed E-state index contributed by atoms with van der Waals surface area (Å²) in [5.74, 6) is -0.516. The van der Waals surface area contributed by atoms with E-state index < -0.39 is 17.9 Å². The van der Waals surface area contributed by atoms with Crippen molar-refractivity contribution in [1.29, 1.82) is 0 Å². The number of benzene rings is 1. The number of amides is 1. The van der Waals surface area contributed by atoms with Gasteiger partial charge >= 0.3 is 5.97 Å². The van der Waals surface area contributed by atoms with Crippen LogP contribution in [0.4, 0.5) is 5.69 Å². The molecule has 178 valence electrons. The molecule has 1 aromatic rings. The fourth-order valence-electron chi connectivity index (χ4n) is 2.84. The summed E-state index contributed by atoms with van der Waals surface area (Å²) >= 11 is 1.49. The summed E-state index contributed by atoms with van der Waals surface area (Å²) in [6.45, 7) is 8.52. The molecule has 1 aromatic carbocycles. The number of rotatable bonds is 13. The smallest absolute Gasteiger partial charge is 0.327 e. The van der Waals surface area contributed by atoms with Gasteiger partial charge in [0.05, 0.1) is 5.56 Å². The summed E-state index contributed by atoms with van der Waals surface area (Å²) in [7, 11) is 0. The largest absolute Gasteiger partial charge is 0.480 e. The number of nitrogen functional groups attached to an aromatic ring is 1. The molecule has 1 rings (SSSR count). The lowest BCUT2D eigenvalue weighted by Gasteiger charge is -2.14. The number of thioether (sulfide) groups is 1. The zero-order valence-corrected chi connectivity index (χ0v) is 19.9. The molecule has 0 saturated heterocycles. The Balaban J connectivity index is 0.00000961. The second-order valence-electron chi connectivity index (χ2n) is 7.95. The lowest BCUT2D eigenvalue weighted by molar-refractivity contribution is -0.138. The number of aliphatic carboxylic acids is 1. The van der Waals surface area contributed by atoms with Crippen LogP contribution in [0.1, 0.15) is 71.2 Å². The number of carboxylic acid groups (broad SMARTS) is 1. The van der Waals surface area contributed by atoms with Gasteiger partial charge in [0, 0.05) is 17.2 Å². The minimum atomic E-state index is -1.05. The molecular formula is C26H40N2O3S. The van der Waals surface area contributed by atoms with Gasteiger partial charge in [-0.2, -0.15) is 11.8 Å². The molecule has 0 bridgehead atoms. The number of nitrogens with two attached hydrogens (primary N) is 1. The van der Waals surface area contributed by atoms with Gasteiger partial charge in [-0.1, -0.05) is 54.5 Å². The van der Waals surface area contributed by atoms with E-state index in [0.29, 0.717) is 22.8 Å². The molecule has 0 aliphatic heterocycles. The van der Waals surface area contributed by atoms with E-state index in [1.165, 1.54) is 28.5 Å². The number of para-hydroxylation sites is 1. The molecule has 0 radical (unpaired) electrons. The molecule has 0 aliphatic rings. The van der Waals surface area contributed by atoms with Crippen LogP contribution in [0.15, 0.2) is 59.2 Å². The summed E-state index contributed by atoms with van der Waals surface area (Å²) in [4.78, 5) is 23.8. The quantitative estimate of drug-likeness (QED) is 0.184. The highest BCUT2D eigenvalue weighted by Gasteiger charge is 2.21. The van der Waals surface area contributed by atoms with E-state index in [2.05, 4.69) is 51.2 Å². The van der Waals surface area contributed by atoms with E-state index in [0.717, 1.165) is 25.7 Å². The molecule has 0 saturated carbocycles. The third-order valence-corrected chi connectivity index (χ3v) is 5.74. The van der Waals surface area contributed by atoms with Crippen LogP contribution in [0, 0.1) is 0 Å². The molecule has 0 aliphatic carbocycles. The van der Waals surface area contributed by atoms with Gasteiger partial charge in [0.15, 0.2) is 0 Å². The monoisotopic (exact) mass is 460 g/mol. The van der Waals surface area contributed by atoms with Crippen molar-refractivity contribution in [3.63, 3.8) is 0 Å². The van der Waals surface area contributed by atoms with Crippen molar-refractivity contribution in [3.05, 3.63) is 64.8 Å². The fraction of sp³-hybridized carbons (Fsp3) is 0.462. The maximum absolute atomic E-state index is 12.3. The Hall–Kier alpha value is -2.47. The van der Waals surface area contributed by atoms with E-state index in [1.807, 2.05) is 0 Å². The van der Waals surface area contributed by atoms with Gasteiger partial charge < -0.3 is 16.2 Å². The van der Waals surface area contributed by atoms with E-state index >= 15 is 0 Å². The average molecular weight is 461 g/mol. The highest BCUT2D eigenvalue weighted by atomic mass is 32.2. The van der Waals surface area contributed by atoms with Crippen LogP contribution in [0.25, 0.3) is 0 Å². The molecule has 1 amide bonds. The molecule has 0 fully saturated rings. The normalized spacial score (nSPS) is 12.5. The summed E-state index contributed by atoms with van der Waals surface area (Å²) in [5.41, 5.74) is 10.5. The van der Waals surface area contributed by atoms with Crippen molar-refractivity contribution in [2.24, 2.45) is 0 Å². The van der Waals surface area contributed by atoms with E-state index in [-0.39, 0.29) is 7.43 Å². The first-order valence-corrected chi connectivity index (χ1v) is 11.8. The Labute approximate surface area is 198 Å². The maximum atomic E-state index is 12.3. The third-order valence-electron chi connectivity index (χ3n) is 4.77. The number of carbonyl (C=O) groups excluding carboxylic acids is 1. The summed E-state index contributed by atoms with van der Waals surface area (Å²) in [6, 6.07) is 5.67. The number of anilines is 1. The van der Waals surface area contributed by atoms with Crippen molar-refractivity contribution in [1.82, 2.24) is 5.32 Å². The summed E-state index contributed by atoms with van der Waals surface area (Å²) in [6.07, 6.45) is 10.9. The highest BCUT2D eigenvalue weighted by molar-refractivity contribution is 7.99. The Bertz CT molecular complexity index is 824.